The third kappa shape index (κ3) is 4.16. The molecule has 2 aromatic rings. The van der Waals surface area contributed by atoms with E-state index in [1.54, 1.807) is 29.2 Å². The number of amides is 1. The molecule has 1 amide bonds. The number of halogens is 1. The maximum Gasteiger partial charge on any atom is 0.316 e. The highest BCUT2D eigenvalue weighted by Gasteiger charge is 2.37. The third-order valence-corrected chi connectivity index (χ3v) is 5.34. The summed E-state index contributed by atoms with van der Waals surface area (Å²) >= 11 is 6.16. The van der Waals surface area contributed by atoms with Crippen molar-refractivity contribution in [2.24, 2.45) is 5.92 Å². The molecule has 0 radical (unpaired) electrons. The predicted molar refractivity (Wildman–Crippen MR) is 107 cm³/mol. The van der Waals surface area contributed by atoms with E-state index in [9.17, 15) is 9.59 Å². The van der Waals surface area contributed by atoms with Crippen LogP contribution < -0.4 is 9.64 Å². The summed E-state index contributed by atoms with van der Waals surface area (Å²) in [6, 6.07) is 13.0. The lowest BCUT2D eigenvalue weighted by molar-refractivity contribution is -0.139. The van der Waals surface area contributed by atoms with Gasteiger partial charge in [-0.3, -0.25) is 9.59 Å². The van der Waals surface area contributed by atoms with Gasteiger partial charge in [0, 0.05) is 23.7 Å². The highest BCUT2D eigenvalue weighted by atomic mass is 35.5. The van der Waals surface area contributed by atoms with Gasteiger partial charge in [-0.1, -0.05) is 50.6 Å². The molecule has 27 heavy (non-hydrogen) atoms. The van der Waals surface area contributed by atoms with Crippen molar-refractivity contribution in [3.05, 3.63) is 58.6 Å². The molecule has 5 heteroatoms. The van der Waals surface area contributed by atoms with Gasteiger partial charge in [0.15, 0.2) is 0 Å². The molecule has 142 valence electrons. The molecule has 2 aromatic carbocycles. The smallest absolute Gasteiger partial charge is 0.316 e. The van der Waals surface area contributed by atoms with Crippen LogP contribution in [0.15, 0.2) is 42.5 Å². The number of hydrogen-bond donors (Lipinski definition) is 0. The zero-order valence-corrected chi connectivity index (χ0v) is 16.8. The average molecular weight is 386 g/mol. The van der Waals surface area contributed by atoms with Crippen LogP contribution in [0.5, 0.6) is 5.75 Å². The standard InChI is InChI=1S/C22H24ClNO3/c1-14-18(23)6-5-7-19(14)24-13-15(12-20(24)25)21(26)27-17-10-8-16(9-11-17)22(2,3)4/h5-11,15H,12-13H2,1-4H3/t15-/m0/s1. The SMILES string of the molecule is Cc1c(Cl)cccc1N1C[C@@H](C(=O)Oc2ccc(C(C)(C)C)cc2)CC1=O. The number of esters is 1. The quantitative estimate of drug-likeness (QED) is 0.557. The van der Waals surface area contributed by atoms with Crippen LogP contribution in [0.25, 0.3) is 0 Å². The molecule has 1 aliphatic rings. The van der Waals surface area contributed by atoms with Crippen LogP contribution in [0.4, 0.5) is 5.69 Å². The summed E-state index contributed by atoms with van der Waals surface area (Å²) < 4.78 is 5.51. The molecule has 1 atom stereocenters. The van der Waals surface area contributed by atoms with Crippen LogP contribution in [-0.4, -0.2) is 18.4 Å². The van der Waals surface area contributed by atoms with Crippen LogP contribution in [-0.2, 0) is 15.0 Å². The topological polar surface area (TPSA) is 46.6 Å². The Morgan fingerprint density at radius 1 is 1.15 bits per heavy atom. The van der Waals surface area contributed by atoms with Crippen molar-refractivity contribution in [2.45, 2.75) is 39.5 Å². The van der Waals surface area contributed by atoms with Crippen molar-refractivity contribution >= 4 is 29.2 Å². The van der Waals surface area contributed by atoms with E-state index in [0.717, 1.165) is 11.3 Å². The van der Waals surface area contributed by atoms with Gasteiger partial charge >= 0.3 is 5.97 Å². The Balaban J connectivity index is 1.70. The molecule has 0 N–H and O–H groups in total. The molecule has 0 saturated carbocycles. The normalized spacial score (nSPS) is 17.3. The highest BCUT2D eigenvalue weighted by Crippen LogP contribution is 2.32. The number of nitrogens with zero attached hydrogens (tertiary/aromatic N) is 1. The fraction of sp³-hybridized carbons (Fsp3) is 0.364. The Morgan fingerprint density at radius 3 is 2.44 bits per heavy atom. The molecule has 0 spiro atoms. The average Bonchev–Trinajstić information content (AvgIpc) is 2.99. The summed E-state index contributed by atoms with van der Waals surface area (Å²) in [5.74, 6) is -0.463. The van der Waals surface area contributed by atoms with E-state index >= 15 is 0 Å². The molecule has 0 unspecified atom stereocenters. The number of carbonyl (C=O) groups excluding carboxylic acids is 2. The first kappa shape index (κ1) is 19.4. The summed E-state index contributed by atoms with van der Waals surface area (Å²) in [5.41, 5.74) is 2.79. The lowest BCUT2D eigenvalue weighted by Crippen LogP contribution is -2.27. The maximum atomic E-state index is 12.5. The number of carbonyl (C=O) groups is 2. The summed E-state index contributed by atoms with van der Waals surface area (Å²) in [4.78, 5) is 26.6. The van der Waals surface area contributed by atoms with Crippen LogP contribution in [0.2, 0.25) is 5.02 Å². The lowest BCUT2D eigenvalue weighted by Gasteiger charge is -2.20. The fourth-order valence-electron chi connectivity index (χ4n) is 3.21. The zero-order chi connectivity index (χ0) is 19.8. The Hall–Kier alpha value is -2.33. The first-order valence-corrected chi connectivity index (χ1v) is 9.42. The maximum absolute atomic E-state index is 12.5. The van der Waals surface area contributed by atoms with E-state index in [0.29, 0.717) is 17.3 Å². The Kier molecular flexibility index (Phi) is 5.29. The van der Waals surface area contributed by atoms with Crippen molar-refractivity contribution in [3.8, 4) is 5.75 Å². The molecule has 4 nitrogen and oxygen atoms in total. The molecule has 1 heterocycles. The van der Waals surface area contributed by atoms with Crippen LogP contribution >= 0.6 is 11.6 Å². The van der Waals surface area contributed by atoms with Crippen molar-refractivity contribution in [3.63, 3.8) is 0 Å². The number of ether oxygens (including phenoxy) is 1. The molecule has 0 aromatic heterocycles. The predicted octanol–water partition coefficient (Wildman–Crippen LogP) is 4.90. The minimum Gasteiger partial charge on any atom is -0.426 e. The summed E-state index contributed by atoms with van der Waals surface area (Å²) in [6.07, 6.45) is 0.144. The molecule has 1 saturated heterocycles. The molecular formula is C22H24ClNO3. The van der Waals surface area contributed by atoms with E-state index in [-0.39, 0.29) is 23.7 Å². The molecule has 0 bridgehead atoms. The zero-order valence-electron chi connectivity index (χ0n) is 16.1. The van der Waals surface area contributed by atoms with E-state index in [2.05, 4.69) is 20.8 Å². The molecular weight excluding hydrogens is 362 g/mol. The second-order valence-electron chi connectivity index (χ2n) is 7.98. The number of benzene rings is 2. The molecule has 1 aliphatic heterocycles. The first-order valence-electron chi connectivity index (χ1n) is 9.04. The van der Waals surface area contributed by atoms with Gasteiger partial charge in [0.2, 0.25) is 5.91 Å². The highest BCUT2D eigenvalue weighted by molar-refractivity contribution is 6.31. The van der Waals surface area contributed by atoms with Gasteiger partial charge in [-0.15, -0.1) is 0 Å². The van der Waals surface area contributed by atoms with Crippen LogP contribution in [0, 0.1) is 12.8 Å². The Labute approximate surface area is 165 Å². The summed E-state index contributed by atoms with van der Waals surface area (Å²) in [7, 11) is 0. The minimum absolute atomic E-state index is 0.0374. The molecule has 3 rings (SSSR count). The van der Waals surface area contributed by atoms with Gasteiger partial charge in [-0.2, -0.15) is 0 Å². The number of anilines is 1. The Bertz CT molecular complexity index is 868. The summed E-state index contributed by atoms with van der Waals surface area (Å²) in [6.45, 7) is 8.56. The second kappa shape index (κ2) is 7.35. The van der Waals surface area contributed by atoms with E-state index in [1.165, 1.54) is 5.56 Å². The molecule has 1 fully saturated rings. The van der Waals surface area contributed by atoms with Crippen LogP contribution in [0.3, 0.4) is 0 Å². The van der Waals surface area contributed by atoms with Crippen molar-refractivity contribution in [1.82, 2.24) is 0 Å². The Morgan fingerprint density at radius 2 is 1.81 bits per heavy atom. The van der Waals surface area contributed by atoms with E-state index < -0.39 is 5.92 Å². The van der Waals surface area contributed by atoms with Gasteiger partial charge in [0.1, 0.15) is 5.75 Å². The minimum atomic E-state index is -0.488. The van der Waals surface area contributed by atoms with Crippen molar-refractivity contribution in [2.75, 3.05) is 11.4 Å². The van der Waals surface area contributed by atoms with E-state index in [1.807, 2.05) is 25.1 Å². The monoisotopic (exact) mass is 385 g/mol. The van der Waals surface area contributed by atoms with Crippen molar-refractivity contribution < 1.29 is 14.3 Å². The van der Waals surface area contributed by atoms with Crippen molar-refractivity contribution in [1.29, 1.82) is 0 Å². The van der Waals surface area contributed by atoms with Gasteiger partial charge in [0.25, 0.3) is 0 Å². The summed E-state index contributed by atoms with van der Waals surface area (Å²) in [5, 5.41) is 0.602. The fourth-order valence-corrected chi connectivity index (χ4v) is 3.38. The number of hydrogen-bond acceptors (Lipinski definition) is 3. The van der Waals surface area contributed by atoms with Gasteiger partial charge in [0.05, 0.1) is 5.92 Å². The first-order chi connectivity index (χ1) is 12.7. The molecule has 0 aliphatic carbocycles. The van der Waals surface area contributed by atoms with Crippen LogP contribution in [0.1, 0.15) is 38.3 Å². The lowest BCUT2D eigenvalue weighted by atomic mass is 9.87. The third-order valence-electron chi connectivity index (χ3n) is 4.93. The number of rotatable bonds is 3. The van der Waals surface area contributed by atoms with Gasteiger partial charge < -0.3 is 9.64 Å². The second-order valence-corrected chi connectivity index (χ2v) is 8.39. The van der Waals surface area contributed by atoms with Gasteiger partial charge in [-0.25, -0.2) is 0 Å². The van der Waals surface area contributed by atoms with Gasteiger partial charge in [-0.05, 0) is 47.7 Å². The largest absolute Gasteiger partial charge is 0.426 e. The van der Waals surface area contributed by atoms with E-state index in [4.69, 9.17) is 16.3 Å².